The van der Waals surface area contributed by atoms with Crippen LogP contribution in [0, 0.1) is 0 Å². The SMILES string of the molecule is O=C(O)c1ccccc1.O=C(O)c1ccccc1.O=C(O)c1ccccc1.[NH3+]C[C@@H](CC(=O)[O-])c1ccc(Cl)cc1.[NH3+]C[C@H](CC(=O)[O-])c1ccc(Cl)cc1. The molecule has 9 N–H and O–H groups in total. The zero-order chi connectivity index (χ0) is 41.2. The van der Waals surface area contributed by atoms with Gasteiger partial charge in [-0.1, -0.05) is 102 Å². The van der Waals surface area contributed by atoms with Gasteiger partial charge in [0.25, 0.3) is 0 Å². The lowest BCUT2D eigenvalue weighted by Crippen LogP contribution is -2.53. The molecule has 0 bridgehead atoms. The molecule has 0 amide bonds. The van der Waals surface area contributed by atoms with Crippen LogP contribution >= 0.6 is 23.2 Å². The summed E-state index contributed by atoms with van der Waals surface area (Å²) in [4.78, 5) is 51.5. The molecule has 0 spiro atoms. The van der Waals surface area contributed by atoms with Gasteiger partial charge in [0, 0.05) is 33.8 Å². The molecule has 0 heterocycles. The van der Waals surface area contributed by atoms with Gasteiger partial charge in [0.2, 0.25) is 0 Å². The van der Waals surface area contributed by atoms with Crippen molar-refractivity contribution in [2.45, 2.75) is 24.7 Å². The maximum atomic E-state index is 10.4. The molecule has 0 fully saturated rings. The number of aliphatic carboxylic acids is 2. The molecular weight excluding hydrogens is 751 g/mol. The maximum absolute atomic E-state index is 10.4. The van der Waals surface area contributed by atoms with Gasteiger partial charge in [0.15, 0.2) is 0 Å². The van der Waals surface area contributed by atoms with E-state index in [1.165, 1.54) is 0 Å². The highest BCUT2D eigenvalue weighted by atomic mass is 35.5. The Kier molecular flexibility index (Phi) is 22.8. The summed E-state index contributed by atoms with van der Waals surface area (Å²) >= 11 is 11.4. The van der Waals surface area contributed by atoms with E-state index < -0.39 is 29.8 Å². The number of carboxylic acid groups (broad SMARTS) is 5. The molecule has 2 atom stereocenters. The van der Waals surface area contributed by atoms with E-state index in [9.17, 15) is 34.2 Å². The second-order valence-electron chi connectivity index (χ2n) is 11.2. The summed E-state index contributed by atoms with van der Waals surface area (Å²) in [6.07, 6.45) is 0.0102. The zero-order valence-electron chi connectivity index (χ0n) is 29.6. The largest absolute Gasteiger partial charge is 0.550 e. The fourth-order valence-electron chi connectivity index (χ4n) is 4.39. The molecule has 0 aliphatic carbocycles. The van der Waals surface area contributed by atoms with Crippen molar-refractivity contribution < 1.29 is 61.0 Å². The van der Waals surface area contributed by atoms with E-state index in [4.69, 9.17) is 38.5 Å². The van der Waals surface area contributed by atoms with Gasteiger partial charge in [-0.15, -0.1) is 0 Å². The average Bonchev–Trinajstić information content (AvgIpc) is 3.18. The number of carboxylic acids is 5. The lowest BCUT2D eigenvalue weighted by atomic mass is 9.96. The predicted molar refractivity (Wildman–Crippen MR) is 203 cm³/mol. The molecule has 0 radical (unpaired) electrons. The van der Waals surface area contributed by atoms with Crippen LogP contribution in [0.25, 0.3) is 0 Å². The third-order valence-corrected chi connectivity index (χ3v) is 7.77. The lowest BCUT2D eigenvalue weighted by Gasteiger charge is -2.13. The van der Waals surface area contributed by atoms with E-state index in [0.29, 0.717) is 39.8 Å². The highest BCUT2D eigenvalue weighted by Crippen LogP contribution is 2.21. The van der Waals surface area contributed by atoms with E-state index in [1.807, 2.05) is 24.3 Å². The summed E-state index contributed by atoms with van der Waals surface area (Å²) in [5, 5.41) is 47.3. The first-order valence-corrected chi connectivity index (χ1v) is 17.3. The zero-order valence-corrected chi connectivity index (χ0v) is 31.1. The molecule has 0 saturated carbocycles. The van der Waals surface area contributed by atoms with Crippen molar-refractivity contribution in [2.24, 2.45) is 0 Å². The van der Waals surface area contributed by atoms with Crippen LogP contribution in [0.1, 0.15) is 66.9 Å². The number of hydrogen-bond donors (Lipinski definition) is 5. The summed E-state index contributed by atoms with van der Waals surface area (Å²) in [5.41, 5.74) is 10.3. The van der Waals surface area contributed by atoms with Gasteiger partial charge in [-0.3, -0.25) is 0 Å². The molecule has 0 saturated heterocycles. The molecule has 0 aliphatic heterocycles. The molecule has 55 heavy (non-hydrogen) atoms. The van der Waals surface area contributed by atoms with E-state index >= 15 is 0 Å². The van der Waals surface area contributed by atoms with E-state index in [0.717, 1.165) is 11.1 Å². The molecule has 0 aliphatic rings. The Bertz CT molecular complexity index is 1700. The Balaban J connectivity index is 0.000000349. The van der Waals surface area contributed by atoms with Crippen molar-refractivity contribution in [1.82, 2.24) is 0 Å². The Labute approximate surface area is 328 Å². The highest BCUT2D eigenvalue weighted by Gasteiger charge is 2.12. The summed E-state index contributed by atoms with van der Waals surface area (Å²) in [6.45, 7) is 1.07. The van der Waals surface area contributed by atoms with Crippen molar-refractivity contribution in [3.8, 4) is 0 Å². The summed E-state index contributed by atoms with van der Waals surface area (Å²) in [7, 11) is 0. The quantitative estimate of drug-likeness (QED) is 0.130. The van der Waals surface area contributed by atoms with Crippen molar-refractivity contribution in [2.75, 3.05) is 13.1 Å². The van der Waals surface area contributed by atoms with E-state index in [1.54, 1.807) is 115 Å². The van der Waals surface area contributed by atoms with Gasteiger partial charge in [-0.2, -0.15) is 0 Å². The molecule has 5 aromatic rings. The number of carbonyl (C=O) groups is 5. The first kappa shape index (κ1) is 47.0. The Morgan fingerprint density at radius 2 is 0.691 bits per heavy atom. The fraction of sp³-hybridized carbons (Fsp3) is 0.146. The molecule has 0 unspecified atom stereocenters. The molecular formula is C41H42Cl2N2O10. The van der Waals surface area contributed by atoms with Crippen molar-refractivity contribution >= 4 is 53.0 Å². The Hall–Kier alpha value is -6.05. The molecule has 14 heteroatoms. The normalized spacial score (nSPS) is 10.7. The van der Waals surface area contributed by atoms with Crippen LogP contribution in [0.3, 0.4) is 0 Å². The topological polar surface area (TPSA) is 247 Å². The van der Waals surface area contributed by atoms with Gasteiger partial charge < -0.3 is 46.6 Å². The minimum Gasteiger partial charge on any atom is -0.550 e. The van der Waals surface area contributed by atoms with Gasteiger partial charge in [0.05, 0.1) is 29.8 Å². The maximum Gasteiger partial charge on any atom is 0.335 e. The van der Waals surface area contributed by atoms with Crippen LogP contribution in [0.15, 0.2) is 140 Å². The summed E-state index contributed by atoms with van der Waals surface area (Å²) in [6, 6.07) is 39.1. The molecule has 5 rings (SSSR count). The van der Waals surface area contributed by atoms with Gasteiger partial charge in [-0.05, 0) is 84.6 Å². The molecule has 290 valence electrons. The molecule has 5 aromatic carbocycles. The van der Waals surface area contributed by atoms with Crippen LogP contribution in [-0.4, -0.2) is 58.3 Å². The monoisotopic (exact) mass is 792 g/mol. The Morgan fingerprint density at radius 1 is 0.455 bits per heavy atom. The van der Waals surface area contributed by atoms with E-state index in [-0.39, 0.29) is 24.7 Å². The first-order valence-electron chi connectivity index (χ1n) is 16.5. The minimum atomic E-state index is -1.05. The van der Waals surface area contributed by atoms with Crippen LogP contribution < -0.4 is 21.7 Å². The van der Waals surface area contributed by atoms with Crippen LogP contribution in [0.4, 0.5) is 0 Å². The average molecular weight is 794 g/mol. The van der Waals surface area contributed by atoms with Gasteiger partial charge in [-0.25, -0.2) is 14.4 Å². The number of benzene rings is 5. The summed E-state index contributed by atoms with van der Waals surface area (Å²) < 4.78 is 0. The summed E-state index contributed by atoms with van der Waals surface area (Å²) in [5.74, 6) is -4.90. The third kappa shape index (κ3) is 20.7. The fourth-order valence-corrected chi connectivity index (χ4v) is 4.64. The van der Waals surface area contributed by atoms with Crippen molar-refractivity contribution in [3.05, 3.63) is 177 Å². The first-order chi connectivity index (χ1) is 26.2. The van der Waals surface area contributed by atoms with Crippen molar-refractivity contribution in [3.63, 3.8) is 0 Å². The number of carbonyl (C=O) groups excluding carboxylic acids is 2. The minimum absolute atomic E-state index is 0.00509. The second kappa shape index (κ2) is 26.7. The number of quaternary nitrogens is 2. The number of halogens is 2. The van der Waals surface area contributed by atoms with Gasteiger partial charge in [0.1, 0.15) is 0 Å². The smallest absolute Gasteiger partial charge is 0.335 e. The van der Waals surface area contributed by atoms with Crippen LogP contribution in [-0.2, 0) is 9.59 Å². The molecule has 0 aromatic heterocycles. The lowest BCUT2D eigenvalue weighted by molar-refractivity contribution is -0.374. The van der Waals surface area contributed by atoms with Crippen LogP contribution in [0.5, 0.6) is 0 Å². The molecule has 12 nitrogen and oxygen atoms in total. The number of aromatic carboxylic acids is 3. The third-order valence-electron chi connectivity index (χ3n) is 7.27. The van der Waals surface area contributed by atoms with Gasteiger partial charge >= 0.3 is 17.9 Å². The number of hydrogen-bond acceptors (Lipinski definition) is 7. The van der Waals surface area contributed by atoms with E-state index in [2.05, 4.69) is 11.5 Å². The van der Waals surface area contributed by atoms with Crippen LogP contribution in [0.2, 0.25) is 10.0 Å². The predicted octanol–water partition coefficient (Wildman–Crippen LogP) is 3.77. The second-order valence-corrected chi connectivity index (χ2v) is 12.1. The number of rotatable bonds is 11. The highest BCUT2D eigenvalue weighted by molar-refractivity contribution is 6.30. The Morgan fingerprint density at radius 3 is 0.855 bits per heavy atom. The van der Waals surface area contributed by atoms with Crippen molar-refractivity contribution in [1.29, 1.82) is 0 Å². The standard InChI is InChI=1S/2C10H12ClNO2.3C7H6O2/c2*11-9-3-1-7(2-4-9)8(6-12)5-10(13)14;3*8-7(9)6-4-2-1-3-5-6/h2*1-4,8H,5-6,12H2,(H,13,14);3*1-5H,(H,8,9)/t2*8-;;;/m10.../s1.